The Bertz CT molecular complexity index is 6610. The predicted molar refractivity (Wildman–Crippen MR) is 577 cm³/mol. The minimum absolute atomic E-state index is 0.184. The smallest absolute Gasteiger partial charge is 0.335 e. The van der Waals surface area contributed by atoms with Gasteiger partial charge >= 0.3 is 5.97 Å². The van der Waals surface area contributed by atoms with Crippen molar-refractivity contribution >= 4 is 80.4 Å². The summed E-state index contributed by atoms with van der Waals surface area (Å²) in [5.41, 5.74) is 28.0. The van der Waals surface area contributed by atoms with Crippen LogP contribution in [0.1, 0.15) is 274 Å². The summed E-state index contributed by atoms with van der Waals surface area (Å²) in [7, 11) is 0. The quantitative estimate of drug-likeness (QED) is 0.0246. The van der Waals surface area contributed by atoms with E-state index in [0.717, 1.165) is 221 Å². The second-order valence-corrected chi connectivity index (χ2v) is 37.3. The summed E-state index contributed by atoms with van der Waals surface area (Å²) < 4.78 is 27.8. The zero-order valence-electron chi connectivity index (χ0n) is 82.3. The number of nitrogens with one attached hydrogen (secondary N) is 2. The van der Waals surface area contributed by atoms with Gasteiger partial charge in [0.05, 0.1) is 99.5 Å². The molecule has 0 radical (unpaired) electrons. The van der Waals surface area contributed by atoms with Gasteiger partial charge in [-0.1, -0.05) is 345 Å². The van der Waals surface area contributed by atoms with Crippen LogP contribution in [0.5, 0.6) is 23.0 Å². The van der Waals surface area contributed by atoms with E-state index < -0.39 is 5.97 Å². The molecule has 0 fully saturated rings. The fourth-order valence-electron chi connectivity index (χ4n) is 19.2. The Morgan fingerprint density at radius 3 is 1.16 bits per heavy atom. The highest BCUT2D eigenvalue weighted by Gasteiger charge is 2.28. The number of hydrogen-bond acceptors (Lipinski definition) is 10. The first-order valence-electron chi connectivity index (χ1n) is 51.2. The number of aryl methyl sites for hydroxylation is 4. The van der Waals surface area contributed by atoms with Gasteiger partial charge in [0, 0.05) is 72.5 Å². The molecule has 13 nitrogen and oxygen atoms in total. The van der Waals surface area contributed by atoms with Crippen molar-refractivity contribution in [3.05, 3.63) is 304 Å². The van der Waals surface area contributed by atoms with E-state index in [4.69, 9.17) is 38.9 Å². The number of carboxylic acid groups (broad SMARTS) is 1. The molecule has 0 amide bonds. The molecule has 0 atom stereocenters. The molecule has 8 bridgehead atoms. The summed E-state index contributed by atoms with van der Waals surface area (Å²) >= 11 is 0. The second kappa shape index (κ2) is 48.8. The van der Waals surface area contributed by atoms with Crippen molar-refractivity contribution in [2.45, 2.75) is 235 Å². The van der Waals surface area contributed by atoms with Gasteiger partial charge in [-0.25, -0.2) is 24.7 Å². The maximum Gasteiger partial charge on any atom is 0.335 e. The van der Waals surface area contributed by atoms with Crippen molar-refractivity contribution in [1.82, 2.24) is 29.9 Å². The second-order valence-electron chi connectivity index (χ2n) is 37.3. The Kier molecular flexibility index (Phi) is 34.4. The summed E-state index contributed by atoms with van der Waals surface area (Å²) in [6, 6.07) is 84.0. The number of ether oxygens (including phenoxy) is 4. The minimum atomic E-state index is -1.01. The highest BCUT2D eigenvalue weighted by Crippen LogP contribution is 2.48. The molecule has 10 aromatic carbocycles. The number of aromatic nitrogens is 6. The average molecular weight is 1830 g/mol. The fourth-order valence-corrected chi connectivity index (χ4v) is 19.2. The Hall–Kier alpha value is -13.8. The highest BCUT2D eigenvalue weighted by molar-refractivity contribution is 6.03. The van der Waals surface area contributed by atoms with Crippen molar-refractivity contribution < 1.29 is 28.8 Å². The van der Waals surface area contributed by atoms with Crippen molar-refractivity contribution in [2.75, 3.05) is 31.3 Å². The molecule has 706 valence electrons. The van der Waals surface area contributed by atoms with Crippen LogP contribution < -0.4 is 23.8 Å². The fraction of sp³-hybridized carbons (Fsp3) is 0.320. The van der Waals surface area contributed by atoms with Crippen LogP contribution >= 0.6 is 0 Å². The molecule has 2 aliphatic rings. The highest BCUT2D eigenvalue weighted by atomic mass is 16.5. The molecule has 4 aromatic heterocycles. The Morgan fingerprint density at radius 1 is 0.319 bits per heavy atom. The number of aromatic carboxylic acids is 1. The summed E-state index contributed by atoms with van der Waals surface area (Å²) in [6.45, 7) is 20.1. The normalized spacial score (nSPS) is 11.6. The van der Waals surface area contributed by atoms with E-state index in [1.165, 1.54) is 116 Å². The lowest BCUT2D eigenvalue weighted by atomic mass is 9.97. The van der Waals surface area contributed by atoms with Gasteiger partial charge in [0.15, 0.2) is 0 Å². The number of carboxylic acids is 1. The zero-order valence-corrected chi connectivity index (χ0v) is 82.3. The molecule has 0 aliphatic carbocycles. The van der Waals surface area contributed by atoms with Gasteiger partial charge in [-0.2, -0.15) is 0 Å². The Morgan fingerprint density at radius 2 is 0.696 bits per heavy atom. The molecular formula is C125H135N7O6. The maximum absolute atomic E-state index is 12.4. The van der Waals surface area contributed by atoms with E-state index in [1.54, 1.807) is 12.1 Å². The van der Waals surface area contributed by atoms with Crippen molar-refractivity contribution in [3.63, 3.8) is 0 Å². The van der Waals surface area contributed by atoms with Crippen LogP contribution in [-0.2, 0) is 0 Å². The van der Waals surface area contributed by atoms with Crippen molar-refractivity contribution in [2.24, 2.45) is 0 Å². The Labute approximate surface area is 817 Å². The molecule has 0 unspecified atom stereocenters. The van der Waals surface area contributed by atoms with E-state index in [0.29, 0.717) is 77.1 Å². The van der Waals surface area contributed by atoms with E-state index in [9.17, 15) is 9.90 Å². The van der Waals surface area contributed by atoms with Gasteiger partial charge in [0.25, 0.3) is 0 Å². The lowest BCUT2D eigenvalue weighted by molar-refractivity contribution is 0.0696. The number of rotatable bonds is 47. The summed E-state index contributed by atoms with van der Waals surface area (Å²) in [6.07, 6.45) is 41.8. The first-order valence-corrected chi connectivity index (χ1v) is 51.2. The van der Waals surface area contributed by atoms with Crippen LogP contribution in [-0.4, -0.2) is 67.4 Å². The lowest BCUT2D eigenvalue weighted by Crippen LogP contribution is -2.12. The molecule has 13 heteroatoms. The number of aromatic amines is 2. The number of hydrogen-bond donors (Lipinski definition) is 3. The molecule has 2 aliphatic heterocycles. The van der Waals surface area contributed by atoms with Crippen LogP contribution in [0.25, 0.3) is 136 Å². The number of anilines is 3. The molecule has 3 N–H and O–H groups in total. The van der Waals surface area contributed by atoms with E-state index >= 15 is 0 Å². The summed E-state index contributed by atoms with van der Waals surface area (Å²) in [4.78, 5) is 46.4. The van der Waals surface area contributed by atoms with Gasteiger partial charge in [-0.3, -0.25) is 0 Å². The van der Waals surface area contributed by atoms with Crippen LogP contribution in [0.3, 0.4) is 0 Å². The molecule has 16 rings (SSSR count). The molecular weight excluding hydrogens is 1700 g/mol. The summed E-state index contributed by atoms with van der Waals surface area (Å²) in [5.74, 6) is 9.88. The SMILES string of the molecule is CCCCCCCCCCCCOc1cccc(C)c1-c1c2nc(c(N(c3ccc(-c4ccc(C)cc4OCCCCCC)cc3)c3ccc(-c4ccc(C)cc4OCCCCCC)cc3)c3ccc([nH]3)c(-c3c(C)cccc3OCCCCCCCCCCCC)c3nc(c(C#Cc4ccc(-c5ccc(C(=O)O)cc5)c5nc(-c6ccccc6)c(-c6ccccc6)nc45)c4ccc1[nH]4)C=C3)C=C2. The number of nitrogens with zero attached hydrogens (tertiary/aromatic N) is 5. The number of carbonyl (C=O) groups is 1. The van der Waals surface area contributed by atoms with Crippen molar-refractivity contribution in [3.8, 4) is 113 Å². The number of benzene rings is 10. The van der Waals surface area contributed by atoms with Crippen LogP contribution in [0, 0.1) is 39.5 Å². The largest absolute Gasteiger partial charge is 0.493 e. The summed E-state index contributed by atoms with van der Waals surface area (Å²) in [5, 5.41) is 10.1. The van der Waals surface area contributed by atoms with Crippen LogP contribution in [0.2, 0.25) is 0 Å². The number of fused-ring (bicyclic) bond motifs is 9. The third kappa shape index (κ3) is 24.2. The lowest BCUT2D eigenvalue weighted by Gasteiger charge is -2.27. The zero-order chi connectivity index (χ0) is 95.3. The van der Waals surface area contributed by atoms with Gasteiger partial charge in [-0.15, -0.1) is 0 Å². The van der Waals surface area contributed by atoms with E-state index in [2.05, 4.69) is 276 Å². The predicted octanol–water partition coefficient (Wildman–Crippen LogP) is 34.6. The first-order chi connectivity index (χ1) is 67.8. The maximum atomic E-state index is 12.4. The van der Waals surface area contributed by atoms with Crippen molar-refractivity contribution in [1.29, 1.82) is 0 Å². The van der Waals surface area contributed by atoms with Gasteiger partial charge in [0.2, 0.25) is 0 Å². The molecule has 14 aromatic rings. The van der Waals surface area contributed by atoms with E-state index in [-0.39, 0.29) is 5.56 Å². The standard InChI is InChI=1S/C125H135N7O6/c1-9-13-17-21-23-25-27-29-31-41-81-135-112-51-43-45-89(7)116(112)118-106-75-73-104(126-106)103(72-64-96-63-71-102(93-55-57-97(58-56-93)125(133)134)123-122(96)130-120(94-47-35-33-36-48-94)121(131-123)95-49-37-34-38-50-95)105-74-76-107(127-105)119(117-90(8)46-44-52-113(117)136-82-42-32-30-28-26-24-22-18-14-10-2)109-78-80-111(129-109)124(110-79-77-108(118)128-110)132(98-65-59-91(60-66-98)100-69-53-87(5)85-114(100)137-83-39-19-15-11-3)99-67-61-92(62-68-99)101-70-54-88(6)86-115(101)138-84-40-20-16-12-4/h33-38,43-63,65-71,73-80,85-86,126,129H,9-32,39-42,81-84H2,1-8H3,(H,133,134). The molecule has 6 heterocycles. The number of unbranched alkanes of at least 4 members (excludes halogenated alkanes) is 24. The molecule has 0 spiro atoms. The topological polar surface area (TPSA) is 161 Å². The third-order valence-corrected chi connectivity index (χ3v) is 26.8. The van der Waals surface area contributed by atoms with Crippen LogP contribution in [0.4, 0.5) is 17.1 Å². The van der Waals surface area contributed by atoms with Gasteiger partial charge < -0.3 is 38.9 Å². The monoisotopic (exact) mass is 1830 g/mol. The first kappa shape index (κ1) is 97.3. The average Bonchev–Trinajstić information content (AvgIpc) is 1.49. The Balaban J connectivity index is 0.944. The van der Waals surface area contributed by atoms with Gasteiger partial charge in [0.1, 0.15) is 28.5 Å². The minimum Gasteiger partial charge on any atom is -0.493 e. The molecule has 0 saturated heterocycles. The number of H-pyrrole nitrogens is 2. The van der Waals surface area contributed by atoms with Gasteiger partial charge in [-0.05, 0) is 208 Å². The third-order valence-electron chi connectivity index (χ3n) is 26.8. The molecule has 0 saturated carbocycles. The van der Waals surface area contributed by atoms with E-state index in [1.807, 2.05) is 60.7 Å². The molecule has 138 heavy (non-hydrogen) atoms. The van der Waals surface area contributed by atoms with Crippen LogP contribution in [0.15, 0.2) is 243 Å².